The standard InChI is InChI=1S/C31H24O6/c1-3-34-29(32)25-17-23-21-11-7-5-9-19(21)13-15-27(23)36-31(25)26(30(33)35-4-2)18-24-22-12-8-6-10-20(22)14-16-28(24)37-31/h5-18H,3-4H2,1-2H3. The van der Waals surface area contributed by atoms with Crippen molar-refractivity contribution in [1.82, 2.24) is 0 Å². The predicted molar refractivity (Wildman–Crippen MR) is 141 cm³/mol. The first-order chi connectivity index (χ1) is 18.1. The van der Waals surface area contributed by atoms with E-state index >= 15 is 0 Å². The highest BCUT2D eigenvalue weighted by atomic mass is 16.7. The van der Waals surface area contributed by atoms with Crippen molar-refractivity contribution in [1.29, 1.82) is 0 Å². The third kappa shape index (κ3) is 3.56. The Morgan fingerprint density at radius 3 is 1.51 bits per heavy atom. The van der Waals surface area contributed by atoms with Gasteiger partial charge in [0.25, 0.3) is 0 Å². The van der Waals surface area contributed by atoms with Crippen LogP contribution in [0.2, 0.25) is 0 Å². The first-order valence-corrected chi connectivity index (χ1v) is 12.3. The molecule has 0 unspecified atom stereocenters. The van der Waals surface area contributed by atoms with Gasteiger partial charge in [0.05, 0.1) is 13.2 Å². The van der Waals surface area contributed by atoms with Gasteiger partial charge in [-0.15, -0.1) is 0 Å². The Morgan fingerprint density at radius 2 is 1.08 bits per heavy atom. The number of carbonyl (C=O) groups is 2. The van der Waals surface area contributed by atoms with Crippen LogP contribution in [0.4, 0.5) is 0 Å². The second-order valence-electron chi connectivity index (χ2n) is 8.77. The monoisotopic (exact) mass is 492 g/mol. The Morgan fingerprint density at radius 1 is 0.649 bits per heavy atom. The summed E-state index contributed by atoms with van der Waals surface area (Å²) in [6, 6.07) is 23.1. The average molecular weight is 493 g/mol. The first-order valence-electron chi connectivity index (χ1n) is 12.3. The van der Waals surface area contributed by atoms with Crippen molar-refractivity contribution in [3.63, 3.8) is 0 Å². The summed E-state index contributed by atoms with van der Waals surface area (Å²) < 4.78 is 23.9. The number of hydrogen-bond donors (Lipinski definition) is 0. The number of hydrogen-bond acceptors (Lipinski definition) is 6. The van der Waals surface area contributed by atoms with Crippen LogP contribution in [0.1, 0.15) is 25.0 Å². The number of benzene rings is 4. The van der Waals surface area contributed by atoms with E-state index in [1.807, 2.05) is 72.8 Å². The SMILES string of the molecule is CCOC(=O)C1=Cc2c(ccc3ccccc23)OC12Oc1ccc3ccccc3c1C=C2C(=O)OCC. The minimum atomic E-state index is -1.89. The van der Waals surface area contributed by atoms with Crippen LogP contribution in [0, 0.1) is 0 Å². The number of fused-ring (bicyclic) bond motifs is 6. The maximum atomic E-state index is 13.4. The first kappa shape index (κ1) is 22.9. The molecule has 6 heteroatoms. The topological polar surface area (TPSA) is 71.1 Å². The van der Waals surface area contributed by atoms with Crippen LogP contribution in [0.15, 0.2) is 83.9 Å². The van der Waals surface area contributed by atoms with Crippen LogP contribution < -0.4 is 9.47 Å². The van der Waals surface area contributed by atoms with Gasteiger partial charge in [-0.3, -0.25) is 0 Å². The molecule has 0 saturated heterocycles. The second-order valence-corrected chi connectivity index (χ2v) is 8.77. The molecule has 37 heavy (non-hydrogen) atoms. The molecule has 2 heterocycles. The van der Waals surface area contributed by atoms with E-state index in [1.54, 1.807) is 26.0 Å². The van der Waals surface area contributed by atoms with Crippen LogP contribution in [0.5, 0.6) is 11.5 Å². The third-order valence-corrected chi connectivity index (χ3v) is 6.65. The van der Waals surface area contributed by atoms with Gasteiger partial charge in [0.2, 0.25) is 0 Å². The van der Waals surface area contributed by atoms with Crippen molar-refractivity contribution < 1.29 is 28.5 Å². The van der Waals surface area contributed by atoms with E-state index in [0.717, 1.165) is 21.5 Å². The lowest BCUT2D eigenvalue weighted by Crippen LogP contribution is -2.53. The summed E-state index contributed by atoms with van der Waals surface area (Å²) in [5, 5.41) is 3.78. The molecule has 6 nitrogen and oxygen atoms in total. The summed E-state index contributed by atoms with van der Waals surface area (Å²) in [5.41, 5.74) is 1.55. The zero-order valence-electron chi connectivity index (χ0n) is 20.4. The Bertz CT molecular complexity index is 1520. The van der Waals surface area contributed by atoms with E-state index in [9.17, 15) is 9.59 Å². The summed E-state index contributed by atoms with van der Waals surface area (Å²) in [7, 11) is 0. The summed E-state index contributed by atoms with van der Waals surface area (Å²) in [4.78, 5) is 26.9. The molecule has 0 aliphatic carbocycles. The average Bonchev–Trinajstić information content (AvgIpc) is 2.92. The molecule has 0 N–H and O–H groups in total. The van der Waals surface area contributed by atoms with E-state index in [4.69, 9.17) is 18.9 Å². The zero-order valence-corrected chi connectivity index (χ0v) is 20.4. The van der Waals surface area contributed by atoms with Crippen LogP contribution in [0.25, 0.3) is 33.7 Å². The lowest BCUT2D eigenvalue weighted by atomic mass is 9.86. The van der Waals surface area contributed by atoms with E-state index in [-0.39, 0.29) is 24.4 Å². The number of rotatable bonds is 4. The summed E-state index contributed by atoms with van der Waals surface area (Å²) in [6.45, 7) is 3.75. The van der Waals surface area contributed by atoms with E-state index in [2.05, 4.69) is 0 Å². The van der Waals surface area contributed by atoms with Gasteiger partial charge >= 0.3 is 17.7 Å². The zero-order chi connectivity index (χ0) is 25.6. The fourth-order valence-corrected chi connectivity index (χ4v) is 5.01. The van der Waals surface area contributed by atoms with Gasteiger partial charge in [0, 0.05) is 11.1 Å². The van der Waals surface area contributed by atoms with Gasteiger partial charge in [-0.1, -0.05) is 60.7 Å². The van der Waals surface area contributed by atoms with Crippen molar-refractivity contribution in [2.45, 2.75) is 19.6 Å². The lowest BCUT2D eigenvalue weighted by molar-refractivity contribution is -0.150. The van der Waals surface area contributed by atoms with Gasteiger partial charge in [0.1, 0.15) is 22.6 Å². The van der Waals surface area contributed by atoms with E-state index in [0.29, 0.717) is 22.6 Å². The Hall–Kier alpha value is -4.58. The van der Waals surface area contributed by atoms with Crippen LogP contribution in [-0.4, -0.2) is 30.9 Å². The van der Waals surface area contributed by atoms with E-state index in [1.165, 1.54) is 0 Å². The number of esters is 2. The molecule has 2 aliphatic rings. The normalized spacial score (nSPS) is 15.1. The van der Waals surface area contributed by atoms with Crippen LogP contribution in [0.3, 0.4) is 0 Å². The van der Waals surface area contributed by atoms with Crippen LogP contribution in [-0.2, 0) is 19.1 Å². The second kappa shape index (κ2) is 8.82. The number of ether oxygens (including phenoxy) is 4. The molecule has 184 valence electrons. The largest absolute Gasteiger partial charge is 0.462 e. The van der Waals surface area contributed by atoms with Crippen LogP contribution >= 0.6 is 0 Å². The highest BCUT2D eigenvalue weighted by Crippen LogP contribution is 2.49. The van der Waals surface area contributed by atoms with Gasteiger partial charge in [0.15, 0.2) is 0 Å². The fraction of sp³-hybridized carbons (Fsp3) is 0.161. The number of carbonyl (C=O) groups excluding carboxylic acids is 2. The van der Waals surface area contributed by atoms with Crippen molar-refractivity contribution in [3.8, 4) is 11.5 Å². The fourth-order valence-electron chi connectivity index (χ4n) is 5.01. The molecule has 0 fully saturated rings. The molecule has 0 bridgehead atoms. The molecule has 4 aromatic rings. The van der Waals surface area contributed by atoms with Crippen molar-refractivity contribution in [3.05, 3.63) is 95.1 Å². The van der Waals surface area contributed by atoms with Crippen molar-refractivity contribution in [2.75, 3.05) is 13.2 Å². The smallest absolute Gasteiger partial charge is 0.342 e. The molecular weight excluding hydrogens is 468 g/mol. The van der Waals surface area contributed by atoms with Gasteiger partial charge in [-0.05, 0) is 59.7 Å². The molecule has 4 aromatic carbocycles. The minimum absolute atomic E-state index is 0.0660. The van der Waals surface area contributed by atoms with Crippen molar-refractivity contribution >= 4 is 45.6 Å². The van der Waals surface area contributed by atoms with Gasteiger partial charge in [-0.2, -0.15) is 0 Å². The molecule has 1 spiro atoms. The Labute approximate surface area is 213 Å². The lowest BCUT2D eigenvalue weighted by Gasteiger charge is -2.41. The van der Waals surface area contributed by atoms with E-state index < -0.39 is 17.7 Å². The molecule has 0 saturated carbocycles. The molecule has 0 atom stereocenters. The highest BCUT2D eigenvalue weighted by Gasteiger charge is 2.55. The maximum Gasteiger partial charge on any atom is 0.342 e. The van der Waals surface area contributed by atoms with Gasteiger partial charge in [-0.25, -0.2) is 9.59 Å². The Kier molecular flexibility index (Phi) is 5.45. The third-order valence-electron chi connectivity index (χ3n) is 6.65. The quantitative estimate of drug-likeness (QED) is 0.322. The highest BCUT2D eigenvalue weighted by molar-refractivity contribution is 6.09. The summed E-state index contributed by atoms with van der Waals surface area (Å²) in [6.07, 6.45) is 3.41. The van der Waals surface area contributed by atoms with Gasteiger partial charge < -0.3 is 18.9 Å². The molecule has 0 aromatic heterocycles. The van der Waals surface area contributed by atoms with Crippen molar-refractivity contribution in [2.24, 2.45) is 0 Å². The molecule has 2 aliphatic heterocycles. The predicted octanol–water partition coefficient (Wildman–Crippen LogP) is 6.07. The maximum absolute atomic E-state index is 13.4. The molecule has 6 rings (SSSR count). The summed E-state index contributed by atoms with van der Waals surface area (Å²) in [5.74, 6) is -2.21. The summed E-state index contributed by atoms with van der Waals surface area (Å²) >= 11 is 0. The molecule has 0 radical (unpaired) electrons. The Balaban J connectivity index is 1.63. The molecular formula is C31H24O6. The molecule has 0 amide bonds. The minimum Gasteiger partial charge on any atom is -0.462 e.